The molecule has 2 aliphatic carbocycles. The molecule has 5 aliphatic rings. The number of rotatable bonds is 12. The number of carbonyl (C=O) groups excluding carboxylic acids is 3. The van der Waals surface area contributed by atoms with Crippen molar-refractivity contribution >= 4 is 46.4 Å². The van der Waals surface area contributed by atoms with Gasteiger partial charge in [-0.1, -0.05) is 24.3 Å². The number of allylic oxidation sites excluding steroid dienone is 2. The average molecular weight is 812 g/mol. The number of hydrogen-bond acceptors (Lipinski definition) is 11. The summed E-state index contributed by atoms with van der Waals surface area (Å²) in [6.45, 7) is 5.10. The number of benzene rings is 1. The van der Waals surface area contributed by atoms with Gasteiger partial charge in [0.15, 0.2) is 0 Å². The number of hydrogen-bond donors (Lipinski definition) is 6. The first-order chi connectivity index (χ1) is 28.5. The molecular formula is C42H51F2N11O4. The van der Waals surface area contributed by atoms with Gasteiger partial charge >= 0.3 is 5.69 Å². The monoisotopic (exact) mass is 811 g/mol. The second-order valence-corrected chi connectivity index (χ2v) is 15.9. The summed E-state index contributed by atoms with van der Waals surface area (Å²) >= 11 is 0. The highest BCUT2D eigenvalue weighted by molar-refractivity contribution is 6.15. The van der Waals surface area contributed by atoms with E-state index in [1.807, 2.05) is 18.2 Å². The number of para-hydroxylation sites is 1. The van der Waals surface area contributed by atoms with Crippen LogP contribution in [0.25, 0.3) is 11.0 Å². The predicted molar refractivity (Wildman–Crippen MR) is 220 cm³/mol. The van der Waals surface area contributed by atoms with Crippen molar-refractivity contribution in [3.63, 3.8) is 0 Å². The maximum absolute atomic E-state index is 13.7. The Hall–Kier alpha value is -5.73. The van der Waals surface area contributed by atoms with Gasteiger partial charge in [0.2, 0.25) is 11.8 Å². The zero-order valence-corrected chi connectivity index (χ0v) is 33.2. The number of halogens is 2. The van der Waals surface area contributed by atoms with Crippen molar-refractivity contribution in [3.05, 3.63) is 69.8 Å². The molecule has 3 aliphatic heterocycles. The molecule has 15 nitrogen and oxygen atoms in total. The van der Waals surface area contributed by atoms with Gasteiger partial charge in [0, 0.05) is 82.5 Å². The van der Waals surface area contributed by atoms with Gasteiger partial charge in [0.1, 0.15) is 17.6 Å². The van der Waals surface area contributed by atoms with E-state index in [0.29, 0.717) is 35.0 Å². The summed E-state index contributed by atoms with van der Waals surface area (Å²) in [5.41, 5.74) is 0.998. The lowest BCUT2D eigenvalue weighted by Crippen LogP contribution is -2.48. The fraction of sp³-hybridized carbons (Fsp3) is 0.500. The smallest absolute Gasteiger partial charge is 0.329 e. The number of imidazole rings is 1. The molecule has 17 heteroatoms. The van der Waals surface area contributed by atoms with Gasteiger partial charge in [-0.3, -0.25) is 39.1 Å². The van der Waals surface area contributed by atoms with Crippen molar-refractivity contribution in [2.24, 2.45) is 23.9 Å². The molecule has 2 aromatic rings. The van der Waals surface area contributed by atoms with Crippen LogP contribution >= 0.6 is 0 Å². The minimum Gasteiger partial charge on any atom is -0.386 e. The molecule has 2 saturated carbocycles. The van der Waals surface area contributed by atoms with Gasteiger partial charge in [-0.05, 0) is 69.1 Å². The Balaban J connectivity index is 0.880. The Kier molecular flexibility index (Phi) is 13.0. The predicted octanol–water partition coefficient (Wildman–Crippen LogP) is 2.90. The highest BCUT2D eigenvalue weighted by Gasteiger charge is 2.32. The number of aromatic nitrogens is 2. The van der Waals surface area contributed by atoms with Gasteiger partial charge in [0.25, 0.3) is 12.3 Å². The summed E-state index contributed by atoms with van der Waals surface area (Å²) in [5.74, 6) is 5.90. The van der Waals surface area contributed by atoms with Gasteiger partial charge in [-0.25, -0.2) is 18.6 Å². The average Bonchev–Trinajstić information content (AvgIpc) is 3.46. The van der Waals surface area contributed by atoms with E-state index in [4.69, 9.17) is 10.8 Å². The molecule has 312 valence electrons. The molecule has 4 fully saturated rings. The number of alkyl halides is 2. The highest BCUT2D eigenvalue weighted by Crippen LogP contribution is 2.30. The molecule has 0 spiro atoms. The van der Waals surface area contributed by atoms with Crippen molar-refractivity contribution in [3.8, 4) is 11.8 Å². The Morgan fingerprint density at radius 3 is 2.47 bits per heavy atom. The fourth-order valence-electron chi connectivity index (χ4n) is 8.43. The normalized spacial score (nSPS) is 24.0. The Labute approximate surface area is 341 Å². The molecule has 1 atom stereocenters. The number of amides is 3. The number of piperazine rings is 1. The van der Waals surface area contributed by atoms with Gasteiger partial charge in [0.05, 0.1) is 34.4 Å². The number of aryl methyl sites for hydroxylation is 1. The minimum absolute atomic E-state index is 0.00338. The minimum atomic E-state index is -3.10. The molecule has 0 bridgehead atoms. The van der Waals surface area contributed by atoms with Crippen LogP contribution in [0.15, 0.2) is 63.6 Å². The summed E-state index contributed by atoms with van der Waals surface area (Å²) in [5, 5.41) is 26.7. The number of piperidine rings is 1. The van der Waals surface area contributed by atoms with Crippen LogP contribution in [0.4, 0.5) is 8.78 Å². The van der Waals surface area contributed by atoms with Crippen LogP contribution in [-0.4, -0.2) is 106 Å². The maximum atomic E-state index is 13.7. The van der Waals surface area contributed by atoms with Crippen molar-refractivity contribution in [2.75, 3.05) is 39.3 Å². The molecule has 6 N–H and O–H groups in total. The third kappa shape index (κ3) is 9.44. The maximum Gasteiger partial charge on any atom is 0.329 e. The summed E-state index contributed by atoms with van der Waals surface area (Å²) in [6.07, 6.45) is 9.65. The number of aliphatic imine (C=N–C) groups is 1. The second-order valence-electron chi connectivity index (χ2n) is 15.9. The standard InChI is InChI=1S/C42H51F2N11O4/c1-52-37-28(7-3-9-33(37)55(42(52)59)34-14-15-35(56)51-41(34)58)8-4-18-53-19-21-54(22-20-53)25-26-10-12-29(13-11-26)48-24-32(36(46)38(43)44)50-40(57)30(23-45)39-47-17-16-31(49-39)27-5-2-6-27/h3,7,9,16-17,23-24,26-27,29,34,38,45-48H,2,5-6,10-15,18-22,25H2,1H3,(H,50,57)(H,51,56,58)/b32-24+,39-30-,45-23?,46-36?/t26-,29-,34?. The number of nitrogens with zero attached hydrogens (tertiary/aromatic N) is 5. The Morgan fingerprint density at radius 2 is 1.80 bits per heavy atom. The van der Waals surface area contributed by atoms with Crippen LogP contribution in [0.3, 0.4) is 0 Å². The van der Waals surface area contributed by atoms with Gasteiger partial charge < -0.3 is 26.3 Å². The van der Waals surface area contributed by atoms with E-state index in [-0.39, 0.29) is 47.6 Å². The SMILES string of the molecule is Cn1c(=O)n(C2CCC(=O)NC2=O)c2cccc(C#CCN3CCN(C[C@H]4CC[C@H](N/C=C(/NC(=O)/C(C=N)=C5\N=C(C6CCC6)C=CN5)C(=N)C(F)F)CC4)CC3)c21. The zero-order chi connectivity index (χ0) is 41.6. The summed E-state index contributed by atoms with van der Waals surface area (Å²) < 4.78 is 30.4. The third-order valence-corrected chi connectivity index (χ3v) is 12.1. The lowest BCUT2D eigenvalue weighted by molar-refractivity contribution is -0.135. The highest BCUT2D eigenvalue weighted by atomic mass is 19.3. The fourth-order valence-corrected chi connectivity index (χ4v) is 8.43. The van der Waals surface area contributed by atoms with Crippen molar-refractivity contribution in [1.82, 2.24) is 40.2 Å². The van der Waals surface area contributed by atoms with Gasteiger partial charge in [-0.15, -0.1) is 0 Å². The van der Waals surface area contributed by atoms with E-state index >= 15 is 0 Å². The molecule has 7 rings (SSSR count). The van der Waals surface area contributed by atoms with Crippen LogP contribution in [0.2, 0.25) is 0 Å². The molecule has 1 unspecified atom stereocenters. The van der Waals surface area contributed by atoms with E-state index in [1.54, 1.807) is 19.3 Å². The van der Waals surface area contributed by atoms with Crippen LogP contribution in [0, 0.1) is 34.5 Å². The number of carbonyl (C=O) groups is 3. The molecular weight excluding hydrogens is 761 g/mol. The summed E-state index contributed by atoms with van der Waals surface area (Å²) in [6, 6.07) is 4.75. The first-order valence-electron chi connectivity index (χ1n) is 20.4. The summed E-state index contributed by atoms with van der Waals surface area (Å²) in [4.78, 5) is 60.0. The first kappa shape index (κ1) is 41.4. The van der Waals surface area contributed by atoms with Crippen molar-refractivity contribution < 1.29 is 23.2 Å². The molecule has 1 aromatic heterocycles. The van der Waals surface area contributed by atoms with Crippen LogP contribution in [0.1, 0.15) is 69.4 Å². The molecule has 0 radical (unpaired) electrons. The van der Waals surface area contributed by atoms with E-state index in [9.17, 15) is 28.0 Å². The zero-order valence-electron chi connectivity index (χ0n) is 33.2. The lowest BCUT2D eigenvalue weighted by atomic mass is 9.81. The van der Waals surface area contributed by atoms with Crippen molar-refractivity contribution in [2.45, 2.75) is 76.3 Å². The van der Waals surface area contributed by atoms with Gasteiger partial charge in [-0.2, -0.15) is 0 Å². The van der Waals surface area contributed by atoms with E-state index in [0.717, 1.165) is 89.6 Å². The number of fused-ring (bicyclic) bond motifs is 1. The first-order valence-corrected chi connectivity index (χ1v) is 20.4. The topological polar surface area (TPSA) is 193 Å². The molecule has 2 saturated heterocycles. The quantitative estimate of drug-likeness (QED) is 0.0816. The number of imide groups is 1. The van der Waals surface area contributed by atoms with Crippen LogP contribution in [-0.2, 0) is 21.4 Å². The molecule has 3 amide bonds. The van der Waals surface area contributed by atoms with E-state index in [2.05, 4.69) is 47.9 Å². The van der Waals surface area contributed by atoms with Crippen LogP contribution in [0.5, 0.6) is 0 Å². The van der Waals surface area contributed by atoms with E-state index in [1.165, 1.54) is 15.3 Å². The molecule has 4 heterocycles. The summed E-state index contributed by atoms with van der Waals surface area (Å²) in [7, 11) is 1.67. The Morgan fingerprint density at radius 1 is 1.05 bits per heavy atom. The lowest BCUT2D eigenvalue weighted by Gasteiger charge is -2.37. The van der Waals surface area contributed by atoms with Crippen molar-refractivity contribution in [1.29, 1.82) is 10.8 Å². The van der Waals surface area contributed by atoms with Crippen LogP contribution < -0.4 is 27.0 Å². The number of nitrogens with one attached hydrogen (secondary N) is 6. The Bertz CT molecular complexity index is 2240. The second kappa shape index (κ2) is 18.5. The third-order valence-electron chi connectivity index (χ3n) is 12.1. The molecule has 59 heavy (non-hydrogen) atoms. The largest absolute Gasteiger partial charge is 0.386 e. The molecule has 1 aromatic carbocycles. The van der Waals surface area contributed by atoms with E-state index < -0.39 is 30.0 Å².